The highest BCUT2D eigenvalue weighted by atomic mass is 79.9. The number of nitrogens with zero attached hydrogens (tertiary/aromatic N) is 1. The normalized spacial score (nSPS) is 16.5. The summed E-state index contributed by atoms with van der Waals surface area (Å²) in [7, 11) is 0. The van der Waals surface area contributed by atoms with Crippen LogP contribution >= 0.6 is 28.1 Å². The summed E-state index contributed by atoms with van der Waals surface area (Å²) in [6.45, 7) is 1.04. The average Bonchev–Trinajstić information content (AvgIpc) is 2.98. The molecule has 1 saturated carbocycles. The van der Waals surface area contributed by atoms with E-state index in [4.69, 9.17) is 12.2 Å². The summed E-state index contributed by atoms with van der Waals surface area (Å²) < 4.78 is 4.18. The van der Waals surface area contributed by atoms with Crippen molar-refractivity contribution >= 4 is 39.2 Å². The van der Waals surface area contributed by atoms with Crippen molar-refractivity contribution in [2.24, 2.45) is 5.92 Å². The highest BCUT2D eigenvalue weighted by Gasteiger charge is 2.14. The van der Waals surface area contributed by atoms with Crippen LogP contribution in [0.2, 0.25) is 0 Å². The minimum absolute atomic E-state index is 0.847. The predicted molar refractivity (Wildman–Crippen MR) is 86.0 cm³/mol. The van der Waals surface area contributed by atoms with Crippen LogP contribution in [0.3, 0.4) is 0 Å². The fraction of sp³-hybridized carbons (Fsp3) is 0.533. The smallest absolute Gasteiger partial charge is 0.178 e. The number of hydrogen-bond donors (Lipinski definition) is 1. The lowest BCUT2D eigenvalue weighted by Crippen LogP contribution is -2.01. The van der Waals surface area contributed by atoms with Gasteiger partial charge in [0.2, 0.25) is 0 Å². The molecular formula is C15H19BrN2S. The number of fused-ring (bicyclic) bond motifs is 1. The van der Waals surface area contributed by atoms with Gasteiger partial charge in [-0.2, -0.15) is 0 Å². The molecule has 2 nitrogen and oxygen atoms in total. The predicted octanol–water partition coefficient (Wildman–Crippen LogP) is 5.43. The standard InChI is InChI=1S/C15H19BrN2S/c16-12-7-8-14-13(10-12)17-15(19)18(14)9-3-6-11-4-1-2-5-11/h7-8,10-11H,1-6,9H2,(H,17,19). The Morgan fingerprint density at radius 2 is 2.11 bits per heavy atom. The molecular weight excluding hydrogens is 320 g/mol. The summed E-state index contributed by atoms with van der Waals surface area (Å²) in [5.41, 5.74) is 2.35. The summed E-state index contributed by atoms with van der Waals surface area (Å²) in [6.07, 6.45) is 8.34. The first-order chi connectivity index (χ1) is 9.24. The quantitative estimate of drug-likeness (QED) is 0.737. The van der Waals surface area contributed by atoms with Crippen LogP contribution in [-0.4, -0.2) is 9.55 Å². The Hall–Kier alpha value is -0.610. The maximum atomic E-state index is 5.44. The van der Waals surface area contributed by atoms with Gasteiger partial charge in [0.25, 0.3) is 0 Å². The third-order valence-electron chi connectivity index (χ3n) is 4.20. The summed E-state index contributed by atoms with van der Waals surface area (Å²) in [6, 6.07) is 6.32. The number of aromatic nitrogens is 2. The molecule has 0 amide bonds. The number of aryl methyl sites for hydroxylation is 1. The van der Waals surface area contributed by atoms with E-state index in [0.717, 1.165) is 27.2 Å². The Morgan fingerprint density at radius 1 is 1.32 bits per heavy atom. The third kappa shape index (κ3) is 2.95. The van der Waals surface area contributed by atoms with Crippen molar-refractivity contribution < 1.29 is 0 Å². The van der Waals surface area contributed by atoms with Crippen molar-refractivity contribution in [3.05, 3.63) is 27.4 Å². The lowest BCUT2D eigenvalue weighted by atomic mass is 10.0. The van der Waals surface area contributed by atoms with Crippen molar-refractivity contribution in [3.63, 3.8) is 0 Å². The molecule has 0 saturated heterocycles. The summed E-state index contributed by atoms with van der Waals surface area (Å²) in [5.74, 6) is 0.966. The third-order valence-corrected chi connectivity index (χ3v) is 5.02. The van der Waals surface area contributed by atoms with Crippen molar-refractivity contribution in [2.75, 3.05) is 0 Å². The Labute approximate surface area is 127 Å². The fourth-order valence-corrected chi connectivity index (χ4v) is 3.86. The number of imidazole rings is 1. The molecule has 1 aliphatic rings. The van der Waals surface area contributed by atoms with Crippen molar-refractivity contribution in [1.29, 1.82) is 0 Å². The molecule has 3 rings (SSSR count). The Bertz CT molecular complexity index is 623. The zero-order valence-corrected chi connectivity index (χ0v) is 13.4. The molecule has 4 heteroatoms. The number of hydrogen-bond acceptors (Lipinski definition) is 1. The SMILES string of the molecule is S=c1[nH]c2cc(Br)ccc2n1CCCC1CCCC1. The van der Waals surface area contributed by atoms with Gasteiger partial charge in [-0.25, -0.2) is 0 Å². The highest BCUT2D eigenvalue weighted by molar-refractivity contribution is 9.10. The molecule has 1 aromatic carbocycles. The van der Waals surface area contributed by atoms with Gasteiger partial charge in [0.1, 0.15) is 0 Å². The van der Waals surface area contributed by atoms with Crippen LogP contribution in [0.1, 0.15) is 38.5 Å². The summed E-state index contributed by atoms with van der Waals surface area (Å²) in [5, 5.41) is 0. The van der Waals surface area contributed by atoms with E-state index in [1.807, 2.05) is 0 Å². The molecule has 1 heterocycles. The molecule has 0 unspecified atom stereocenters. The monoisotopic (exact) mass is 338 g/mol. The van der Waals surface area contributed by atoms with Gasteiger partial charge in [-0.05, 0) is 49.2 Å². The van der Waals surface area contributed by atoms with Crippen molar-refractivity contribution in [1.82, 2.24) is 9.55 Å². The number of aromatic amines is 1. The van der Waals surface area contributed by atoms with E-state index in [0.29, 0.717) is 0 Å². The molecule has 1 N–H and O–H groups in total. The van der Waals surface area contributed by atoms with Crippen molar-refractivity contribution in [3.8, 4) is 0 Å². The van der Waals surface area contributed by atoms with Crippen LogP contribution < -0.4 is 0 Å². The van der Waals surface area contributed by atoms with E-state index < -0.39 is 0 Å². The molecule has 0 radical (unpaired) electrons. The first-order valence-electron chi connectivity index (χ1n) is 7.12. The first kappa shape index (κ1) is 13.4. The summed E-state index contributed by atoms with van der Waals surface area (Å²) in [4.78, 5) is 3.29. The van der Waals surface area contributed by atoms with Gasteiger partial charge < -0.3 is 9.55 Å². The molecule has 1 aromatic heterocycles. The van der Waals surface area contributed by atoms with Gasteiger partial charge in [0, 0.05) is 11.0 Å². The fourth-order valence-electron chi connectivity index (χ4n) is 3.19. The largest absolute Gasteiger partial charge is 0.331 e. The minimum atomic E-state index is 0.847. The molecule has 0 spiro atoms. The van der Waals surface area contributed by atoms with Crippen LogP contribution in [0.5, 0.6) is 0 Å². The molecule has 1 aliphatic carbocycles. The second kappa shape index (κ2) is 5.80. The lowest BCUT2D eigenvalue weighted by Gasteiger charge is -2.09. The van der Waals surface area contributed by atoms with Gasteiger partial charge >= 0.3 is 0 Å². The topological polar surface area (TPSA) is 20.7 Å². The van der Waals surface area contributed by atoms with Crippen molar-refractivity contribution in [2.45, 2.75) is 45.1 Å². The average molecular weight is 339 g/mol. The second-order valence-corrected chi connectivity index (χ2v) is 6.84. The van der Waals surface area contributed by atoms with Gasteiger partial charge in [0.05, 0.1) is 11.0 Å². The maximum Gasteiger partial charge on any atom is 0.178 e. The maximum absolute atomic E-state index is 5.44. The number of rotatable bonds is 4. The van der Waals surface area contributed by atoms with E-state index in [1.165, 1.54) is 44.0 Å². The van der Waals surface area contributed by atoms with Crippen LogP contribution in [-0.2, 0) is 6.54 Å². The molecule has 102 valence electrons. The highest BCUT2D eigenvalue weighted by Crippen LogP contribution is 2.29. The molecule has 2 aromatic rings. The van der Waals surface area contributed by atoms with E-state index >= 15 is 0 Å². The van der Waals surface area contributed by atoms with Gasteiger partial charge in [0.15, 0.2) is 4.77 Å². The number of halogens is 1. The molecule has 0 bridgehead atoms. The minimum Gasteiger partial charge on any atom is -0.331 e. The number of nitrogens with one attached hydrogen (secondary N) is 1. The number of H-pyrrole nitrogens is 1. The lowest BCUT2D eigenvalue weighted by molar-refractivity contribution is 0.460. The van der Waals surface area contributed by atoms with E-state index in [9.17, 15) is 0 Å². The first-order valence-corrected chi connectivity index (χ1v) is 8.32. The van der Waals surface area contributed by atoms with E-state index in [1.54, 1.807) is 0 Å². The van der Waals surface area contributed by atoms with Crippen LogP contribution in [0.15, 0.2) is 22.7 Å². The molecule has 19 heavy (non-hydrogen) atoms. The Balaban J connectivity index is 1.73. The summed E-state index contributed by atoms with van der Waals surface area (Å²) >= 11 is 8.94. The van der Waals surface area contributed by atoms with Crippen LogP contribution in [0, 0.1) is 10.7 Å². The van der Waals surface area contributed by atoms with Gasteiger partial charge in [-0.15, -0.1) is 0 Å². The Morgan fingerprint density at radius 3 is 2.89 bits per heavy atom. The molecule has 1 fully saturated rings. The van der Waals surface area contributed by atoms with Gasteiger partial charge in [-0.3, -0.25) is 0 Å². The number of benzene rings is 1. The van der Waals surface area contributed by atoms with Crippen LogP contribution in [0.4, 0.5) is 0 Å². The second-order valence-electron chi connectivity index (χ2n) is 5.54. The van der Waals surface area contributed by atoms with E-state index in [2.05, 4.69) is 43.7 Å². The molecule has 0 aliphatic heterocycles. The molecule has 0 atom stereocenters. The zero-order valence-electron chi connectivity index (χ0n) is 11.0. The Kier molecular flexibility index (Phi) is 4.08. The van der Waals surface area contributed by atoms with Crippen LogP contribution in [0.25, 0.3) is 11.0 Å². The van der Waals surface area contributed by atoms with Gasteiger partial charge in [-0.1, -0.05) is 41.6 Å². The van der Waals surface area contributed by atoms with E-state index in [-0.39, 0.29) is 0 Å². The zero-order chi connectivity index (χ0) is 13.2.